The predicted octanol–water partition coefficient (Wildman–Crippen LogP) is 4.95. The summed E-state index contributed by atoms with van der Waals surface area (Å²) < 4.78 is 0. The molecule has 114 valence electrons. The van der Waals surface area contributed by atoms with E-state index in [-0.39, 0.29) is 6.04 Å². The Balaban J connectivity index is 2.14. The third-order valence-corrected chi connectivity index (χ3v) is 4.49. The Labute approximate surface area is 128 Å². The van der Waals surface area contributed by atoms with Crippen LogP contribution in [0.2, 0.25) is 0 Å². The summed E-state index contributed by atoms with van der Waals surface area (Å²) in [6.45, 7) is 4.54. The van der Waals surface area contributed by atoms with Crippen molar-refractivity contribution in [1.29, 1.82) is 0 Å². The van der Waals surface area contributed by atoms with E-state index in [1.165, 1.54) is 42.0 Å². The molecular formula is C19H28N2. The molecule has 2 heteroatoms. The molecular weight excluding hydrogens is 256 g/mol. The zero-order valence-corrected chi connectivity index (χ0v) is 13.3. The zero-order chi connectivity index (χ0) is 15.1. The first-order chi connectivity index (χ1) is 10.3. The number of hydrazine groups is 1. The molecule has 0 saturated carbocycles. The van der Waals surface area contributed by atoms with E-state index in [0.29, 0.717) is 0 Å². The van der Waals surface area contributed by atoms with Crippen LogP contribution in [-0.4, -0.2) is 0 Å². The van der Waals surface area contributed by atoms with Gasteiger partial charge in [0.15, 0.2) is 0 Å². The van der Waals surface area contributed by atoms with E-state index in [4.69, 9.17) is 5.84 Å². The molecule has 21 heavy (non-hydrogen) atoms. The summed E-state index contributed by atoms with van der Waals surface area (Å²) in [5.74, 6) is 6.58. The second-order valence-electron chi connectivity index (χ2n) is 5.98. The van der Waals surface area contributed by atoms with Gasteiger partial charge in [-0.1, -0.05) is 75.9 Å². The molecule has 0 bridgehead atoms. The van der Waals surface area contributed by atoms with Gasteiger partial charge in [-0.05, 0) is 34.7 Å². The molecule has 0 fully saturated rings. The number of rotatable bonds is 8. The van der Waals surface area contributed by atoms with Gasteiger partial charge < -0.3 is 0 Å². The van der Waals surface area contributed by atoms with Gasteiger partial charge in [0.05, 0.1) is 0 Å². The van der Waals surface area contributed by atoms with E-state index in [1.807, 2.05) is 0 Å². The maximum absolute atomic E-state index is 5.83. The molecule has 0 amide bonds. The first kappa shape index (κ1) is 16.0. The molecule has 0 heterocycles. The first-order valence-corrected chi connectivity index (χ1v) is 8.23. The van der Waals surface area contributed by atoms with Gasteiger partial charge in [-0.15, -0.1) is 0 Å². The van der Waals surface area contributed by atoms with E-state index < -0.39 is 0 Å². The van der Waals surface area contributed by atoms with Crippen molar-refractivity contribution in [2.45, 2.75) is 52.0 Å². The van der Waals surface area contributed by atoms with Crippen molar-refractivity contribution in [3.63, 3.8) is 0 Å². The number of fused-ring (bicyclic) bond motifs is 1. The number of nitrogens with two attached hydrogens (primary N) is 1. The summed E-state index contributed by atoms with van der Waals surface area (Å²) in [7, 11) is 0. The fraction of sp³-hybridized carbons (Fsp3) is 0.474. The Morgan fingerprint density at radius 2 is 1.81 bits per heavy atom. The Morgan fingerprint density at radius 3 is 2.48 bits per heavy atom. The first-order valence-electron chi connectivity index (χ1n) is 8.23. The lowest BCUT2D eigenvalue weighted by Crippen LogP contribution is -2.29. The molecule has 0 aliphatic carbocycles. The van der Waals surface area contributed by atoms with E-state index in [1.54, 1.807) is 0 Å². The molecule has 2 rings (SSSR count). The summed E-state index contributed by atoms with van der Waals surface area (Å²) in [6, 6.07) is 15.4. The van der Waals surface area contributed by atoms with Crippen LogP contribution in [0.25, 0.3) is 10.8 Å². The summed E-state index contributed by atoms with van der Waals surface area (Å²) in [4.78, 5) is 0. The SMILES string of the molecule is CCCCC(CC)CC(NN)c1ccc2ccccc2c1. The maximum atomic E-state index is 5.83. The minimum Gasteiger partial charge on any atom is -0.271 e. The number of hydrogen-bond acceptors (Lipinski definition) is 2. The molecule has 0 saturated heterocycles. The second-order valence-corrected chi connectivity index (χ2v) is 5.98. The lowest BCUT2D eigenvalue weighted by molar-refractivity contribution is 0.356. The van der Waals surface area contributed by atoms with Crippen molar-refractivity contribution >= 4 is 10.8 Å². The Kier molecular flexibility index (Phi) is 6.21. The lowest BCUT2D eigenvalue weighted by atomic mass is 9.89. The number of benzene rings is 2. The summed E-state index contributed by atoms with van der Waals surface area (Å²) in [5.41, 5.74) is 4.32. The highest BCUT2D eigenvalue weighted by Gasteiger charge is 2.16. The van der Waals surface area contributed by atoms with Gasteiger partial charge in [0, 0.05) is 6.04 Å². The maximum Gasteiger partial charge on any atom is 0.0462 e. The molecule has 0 aliphatic heterocycles. The largest absolute Gasteiger partial charge is 0.271 e. The molecule has 2 aromatic rings. The van der Waals surface area contributed by atoms with Crippen LogP contribution in [0.4, 0.5) is 0 Å². The molecule has 0 aliphatic rings. The number of unbranched alkanes of at least 4 members (excludes halogenated alkanes) is 1. The number of hydrogen-bond donors (Lipinski definition) is 2. The minimum absolute atomic E-state index is 0.247. The van der Waals surface area contributed by atoms with Gasteiger partial charge in [-0.2, -0.15) is 0 Å². The van der Waals surface area contributed by atoms with E-state index >= 15 is 0 Å². The highest BCUT2D eigenvalue weighted by atomic mass is 15.2. The van der Waals surface area contributed by atoms with Crippen LogP contribution in [0.5, 0.6) is 0 Å². The summed E-state index contributed by atoms with van der Waals surface area (Å²) in [6.07, 6.45) is 6.23. The van der Waals surface area contributed by atoms with Crippen LogP contribution in [0.15, 0.2) is 42.5 Å². The fourth-order valence-electron chi connectivity index (χ4n) is 3.04. The van der Waals surface area contributed by atoms with Crippen LogP contribution in [0.3, 0.4) is 0 Å². The smallest absolute Gasteiger partial charge is 0.0462 e. The quantitative estimate of drug-likeness (QED) is 0.531. The van der Waals surface area contributed by atoms with Crippen molar-refractivity contribution < 1.29 is 0 Å². The molecule has 2 atom stereocenters. The van der Waals surface area contributed by atoms with Gasteiger partial charge in [-0.25, -0.2) is 0 Å². The fourth-order valence-corrected chi connectivity index (χ4v) is 3.04. The van der Waals surface area contributed by atoms with Crippen LogP contribution < -0.4 is 11.3 Å². The molecule has 0 radical (unpaired) electrons. The van der Waals surface area contributed by atoms with E-state index in [2.05, 4.69) is 61.7 Å². The molecule has 2 nitrogen and oxygen atoms in total. The van der Waals surface area contributed by atoms with Crippen LogP contribution >= 0.6 is 0 Å². The van der Waals surface area contributed by atoms with Crippen LogP contribution in [0.1, 0.15) is 57.6 Å². The minimum atomic E-state index is 0.247. The number of nitrogens with one attached hydrogen (secondary N) is 1. The van der Waals surface area contributed by atoms with Crippen molar-refractivity contribution in [3.05, 3.63) is 48.0 Å². The van der Waals surface area contributed by atoms with Crippen LogP contribution in [-0.2, 0) is 0 Å². The van der Waals surface area contributed by atoms with Crippen molar-refractivity contribution in [1.82, 2.24) is 5.43 Å². The van der Waals surface area contributed by atoms with E-state index in [0.717, 1.165) is 12.3 Å². The third-order valence-electron chi connectivity index (χ3n) is 4.49. The normalized spacial score (nSPS) is 14.2. The third kappa shape index (κ3) is 4.29. The van der Waals surface area contributed by atoms with Gasteiger partial charge in [0.25, 0.3) is 0 Å². The molecule has 2 aromatic carbocycles. The molecule has 3 N–H and O–H groups in total. The highest BCUT2D eigenvalue weighted by Crippen LogP contribution is 2.28. The predicted molar refractivity (Wildman–Crippen MR) is 91.9 cm³/mol. The van der Waals surface area contributed by atoms with Gasteiger partial charge in [0.1, 0.15) is 0 Å². The molecule has 0 spiro atoms. The molecule has 2 unspecified atom stereocenters. The molecule has 0 aromatic heterocycles. The second kappa shape index (κ2) is 8.16. The average molecular weight is 284 g/mol. The monoisotopic (exact) mass is 284 g/mol. The standard InChI is InChI=1S/C19H28N2/c1-3-5-8-15(4-2)13-19(21-20)18-12-11-16-9-6-7-10-17(16)14-18/h6-7,9-12,14-15,19,21H,3-5,8,13,20H2,1-2H3. The van der Waals surface area contributed by atoms with Crippen molar-refractivity contribution in [3.8, 4) is 0 Å². The zero-order valence-electron chi connectivity index (χ0n) is 13.3. The van der Waals surface area contributed by atoms with Crippen LogP contribution in [0, 0.1) is 5.92 Å². The Hall–Kier alpha value is -1.38. The Morgan fingerprint density at radius 1 is 1.05 bits per heavy atom. The van der Waals surface area contributed by atoms with Crippen molar-refractivity contribution in [2.24, 2.45) is 11.8 Å². The van der Waals surface area contributed by atoms with Crippen molar-refractivity contribution in [2.75, 3.05) is 0 Å². The van der Waals surface area contributed by atoms with Gasteiger partial charge in [-0.3, -0.25) is 11.3 Å². The summed E-state index contributed by atoms with van der Waals surface area (Å²) >= 11 is 0. The summed E-state index contributed by atoms with van der Waals surface area (Å²) in [5, 5.41) is 2.58. The lowest BCUT2D eigenvalue weighted by Gasteiger charge is -2.23. The topological polar surface area (TPSA) is 38.0 Å². The highest BCUT2D eigenvalue weighted by molar-refractivity contribution is 5.83. The Bertz CT molecular complexity index is 550. The average Bonchev–Trinajstić information content (AvgIpc) is 2.55. The van der Waals surface area contributed by atoms with Gasteiger partial charge in [0.2, 0.25) is 0 Å². The van der Waals surface area contributed by atoms with E-state index in [9.17, 15) is 0 Å². The van der Waals surface area contributed by atoms with Gasteiger partial charge >= 0.3 is 0 Å².